The highest BCUT2D eigenvalue weighted by Crippen LogP contribution is 2.24. The van der Waals surface area contributed by atoms with Crippen LogP contribution >= 0.6 is 0 Å². The smallest absolute Gasteiger partial charge is 0.262 e. The lowest BCUT2D eigenvalue weighted by atomic mass is 10.0. The number of primary amides is 1. The zero-order valence-corrected chi connectivity index (χ0v) is 22.0. The van der Waals surface area contributed by atoms with Crippen molar-refractivity contribution >= 4 is 40.3 Å². The molecule has 202 valence electrons. The Bertz CT molecular complexity index is 1410. The second kappa shape index (κ2) is 10.8. The minimum atomic E-state index is -0.576. The Kier molecular flexibility index (Phi) is 7.25. The zero-order valence-electron chi connectivity index (χ0n) is 22.0. The van der Waals surface area contributed by atoms with Crippen molar-refractivity contribution in [2.45, 2.75) is 26.4 Å². The highest BCUT2D eigenvalue weighted by molar-refractivity contribution is 6.22. The molecule has 0 spiro atoms. The first-order valence-electron chi connectivity index (χ1n) is 13.0. The molecule has 2 aliphatic rings. The van der Waals surface area contributed by atoms with E-state index >= 15 is 0 Å². The lowest BCUT2D eigenvalue weighted by Crippen LogP contribution is -2.51. The lowest BCUT2D eigenvalue weighted by Gasteiger charge is -2.35. The van der Waals surface area contributed by atoms with Crippen molar-refractivity contribution in [2.24, 2.45) is 11.7 Å². The molecule has 0 radical (unpaired) electrons. The monoisotopic (exact) mass is 529 g/mol. The van der Waals surface area contributed by atoms with Gasteiger partial charge in [0.2, 0.25) is 11.8 Å². The van der Waals surface area contributed by atoms with Gasteiger partial charge in [-0.25, -0.2) is 9.97 Å². The van der Waals surface area contributed by atoms with Gasteiger partial charge in [-0.3, -0.25) is 29.0 Å². The second-order valence-electron chi connectivity index (χ2n) is 10.2. The van der Waals surface area contributed by atoms with Crippen molar-refractivity contribution < 1.29 is 19.2 Å². The molecular weight excluding hydrogens is 498 g/mol. The molecule has 2 aliphatic heterocycles. The Hall–Kier alpha value is -4.38. The van der Waals surface area contributed by atoms with Crippen molar-refractivity contribution in [3.63, 3.8) is 0 Å². The summed E-state index contributed by atoms with van der Waals surface area (Å²) in [6.07, 6.45) is 0. The first-order chi connectivity index (χ1) is 18.7. The van der Waals surface area contributed by atoms with Crippen LogP contribution in [0.4, 0.5) is 5.82 Å². The molecule has 3 N–H and O–H groups in total. The molecule has 1 fully saturated rings. The highest BCUT2D eigenvalue weighted by Gasteiger charge is 2.37. The number of carbonyl (C=O) groups excluding carboxylic acids is 4. The maximum Gasteiger partial charge on any atom is 0.262 e. The van der Waals surface area contributed by atoms with Crippen LogP contribution in [0.1, 0.15) is 40.4 Å². The fraction of sp³-hybridized carbons (Fsp3) is 0.357. The molecule has 3 aromatic rings. The number of fused-ring (bicyclic) bond motifs is 2. The average Bonchev–Trinajstić information content (AvgIpc) is 3.16. The van der Waals surface area contributed by atoms with Gasteiger partial charge in [-0.1, -0.05) is 38.1 Å². The van der Waals surface area contributed by atoms with E-state index in [1.807, 2.05) is 38.1 Å². The number of hydrogen-bond donors (Lipinski definition) is 2. The molecule has 0 saturated carbocycles. The summed E-state index contributed by atoms with van der Waals surface area (Å²) in [4.78, 5) is 64.5. The molecule has 1 atom stereocenters. The van der Waals surface area contributed by atoms with E-state index < -0.39 is 23.8 Å². The van der Waals surface area contributed by atoms with Crippen molar-refractivity contribution in [3.8, 4) is 0 Å². The van der Waals surface area contributed by atoms with Crippen LogP contribution < -0.4 is 11.1 Å². The minimum Gasteiger partial charge on any atom is -0.368 e. The Morgan fingerprint density at radius 3 is 2.15 bits per heavy atom. The van der Waals surface area contributed by atoms with Crippen molar-refractivity contribution in [3.05, 3.63) is 65.5 Å². The molecule has 3 heterocycles. The van der Waals surface area contributed by atoms with Gasteiger partial charge >= 0.3 is 0 Å². The van der Waals surface area contributed by atoms with Gasteiger partial charge in [0.15, 0.2) is 0 Å². The third kappa shape index (κ3) is 5.30. The molecule has 2 aromatic carbocycles. The highest BCUT2D eigenvalue weighted by atomic mass is 16.2. The van der Waals surface area contributed by atoms with Crippen LogP contribution in [0, 0.1) is 5.92 Å². The molecule has 11 nitrogen and oxygen atoms in total. The molecule has 4 amide bonds. The van der Waals surface area contributed by atoms with Crippen LogP contribution in [0.15, 0.2) is 48.5 Å². The van der Waals surface area contributed by atoms with Crippen LogP contribution in [0.3, 0.4) is 0 Å². The fourth-order valence-corrected chi connectivity index (χ4v) is 4.99. The first kappa shape index (κ1) is 26.2. The van der Waals surface area contributed by atoms with Crippen molar-refractivity contribution in [2.75, 3.05) is 38.0 Å². The van der Waals surface area contributed by atoms with Crippen LogP contribution in [0.5, 0.6) is 0 Å². The van der Waals surface area contributed by atoms with Gasteiger partial charge in [0.1, 0.15) is 24.2 Å². The number of rotatable bonds is 8. The Morgan fingerprint density at radius 1 is 0.923 bits per heavy atom. The summed E-state index contributed by atoms with van der Waals surface area (Å²) in [5, 5.41) is 4.01. The SMILES string of the molecule is CC(C)[C@H](Nc1nc(CN2CCN(C(=O)CN3C(=O)c4ccccc4C3=O)CC2)nc2ccccc12)C(N)=O. The Morgan fingerprint density at radius 2 is 1.54 bits per heavy atom. The third-order valence-corrected chi connectivity index (χ3v) is 7.18. The number of carbonyl (C=O) groups is 4. The lowest BCUT2D eigenvalue weighted by molar-refractivity contribution is -0.133. The minimum absolute atomic E-state index is 0.0226. The van der Waals surface area contributed by atoms with E-state index in [-0.39, 0.29) is 18.4 Å². The van der Waals surface area contributed by atoms with Gasteiger partial charge in [-0.05, 0) is 30.2 Å². The van der Waals surface area contributed by atoms with Crippen molar-refractivity contribution in [1.82, 2.24) is 24.7 Å². The van der Waals surface area contributed by atoms with E-state index in [0.717, 1.165) is 15.8 Å². The van der Waals surface area contributed by atoms with Gasteiger partial charge in [0, 0.05) is 31.6 Å². The van der Waals surface area contributed by atoms with Crippen molar-refractivity contribution in [1.29, 1.82) is 0 Å². The quantitative estimate of drug-likeness (QED) is 0.418. The third-order valence-electron chi connectivity index (χ3n) is 7.18. The molecule has 0 bridgehead atoms. The number of nitrogens with one attached hydrogen (secondary N) is 1. The van der Waals surface area contributed by atoms with Crippen LogP contribution in [-0.2, 0) is 16.1 Å². The topological polar surface area (TPSA) is 142 Å². The summed E-state index contributed by atoms with van der Waals surface area (Å²) in [5.74, 6) is -0.449. The van der Waals surface area contributed by atoms with Crippen LogP contribution in [-0.4, -0.2) is 87.1 Å². The molecule has 1 saturated heterocycles. The number of nitrogens with zero attached hydrogens (tertiary/aromatic N) is 5. The van der Waals surface area contributed by atoms with Gasteiger partial charge in [0.05, 0.1) is 23.2 Å². The summed E-state index contributed by atoms with van der Waals surface area (Å²) in [7, 11) is 0. The van der Waals surface area contributed by atoms with Gasteiger partial charge in [0.25, 0.3) is 11.8 Å². The summed E-state index contributed by atoms with van der Waals surface area (Å²) in [5.41, 5.74) is 7.04. The molecule has 0 unspecified atom stereocenters. The van der Waals surface area contributed by atoms with E-state index in [0.29, 0.717) is 55.5 Å². The van der Waals surface area contributed by atoms with Gasteiger partial charge < -0.3 is 16.0 Å². The number of para-hydroxylation sites is 1. The average molecular weight is 530 g/mol. The molecule has 0 aliphatic carbocycles. The summed E-state index contributed by atoms with van der Waals surface area (Å²) >= 11 is 0. The van der Waals surface area contributed by atoms with Gasteiger partial charge in [-0.15, -0.1) is 0 Å². The largest absolute Gasteiger partial charge is 0.368 e. The van der Waals surface area contributed by atoms with Gasteiger partial charge in [-0.2, -0.15) is 0 Å². The Balaban J connectivity index is 1.23. The normalized spacial score (nSPS) is 16.6. The first-order valence-corrected chi connectivity index (χ1v) is 13.0. The van der Waals surface area contributed by atoms with E-state index in [9.17, 15) is 19.2 Å². The zero-order chi connectivity index (χ0) is 27.7. The summed E-state index contributed by atoms with van der Waals surface area (Å²) in [6.45, 7) is 6.11. The summed E-state index contributed by atoms with van der Waals surface area (Å²) < 4.78 is 0. The van der Waals surface area contributed by atoms with E-state index in [1.54, 1.807) is 29.2 Å². The van der Waals surface area contributed by atoms with E-state index in [1.165, 1.54) is 0 Å². The maximum absolute atomic E-state index is 13.0. The fourth-order valence-electron chi connectivity index (χ4n) is 4.99. The van der Waals surface area contributed by atoms with Crippen LogP contribution in [0.25, 0.3) is 10.9 Å². The van der Waals surface area contributed by atoms with E-state index in [2.05, 4.69) is 10.2 Å². The number of aromatic nitrogens is 2. The predicted octanol–water partition coefficient (Wildman–Crippen LogP) is 1.49. The maximum atomic E-state index is 13.0. The number of piperazine rings is 1. The number of anilines is 1. The molecule has 11 heteroatoms. The second-order valence-corrected chi connectivity index (χ2v) is 10.2. The summed E-state index contributed by atoms with van der Waals surface area (Å²) in [6, 6.07) is 13.6. The number of benzene rings is 2. The standard InChI is InChI=1S/C28H31N7O4/c1-17(2)24(25(29)37)32-26-20-9-5-6-10-21(20)30-22(31-26)15-33-11-13-34(14-12-33)23(36)16-35-27(38)18-7-3-4-8-19(18)28(35)39/h3-10,17,24H,11-16H2,1-2H3,(H2,29,37)(H,30,31,32)/t24-/m0/s1. The predicted molar refractivity (Wildman–Crippen MR) is 145 cm³/mol. The Labute approximate surface area is 226 Å². The van der Waals surface area contributed by atoms with Crippen LogP contribution in [0.2, 0.25) is 0 Å². The number of hydrogen-bond acceptors (Lipinski definition) is 8. The molecular formula is C28H31N7O4. The molecule has 1 aromatic heterocycles. The number of imide groups is 1. The number of nitrogens with two attached hydrogens (primary N) is 1. The molecule has 5 rings (SSSR count). The van der Waals surface area contributed by atoms with E-state index in [4.69, 9.17) is 15.7 Å². The molecule has 39 heavy (non-hydrogen) atoms. The number of amides is 4.